The highest BCUT2D eigenvalue weighted by Gasteiger charge is 2.18. The van der Waals surface area contributed by atoms with E-state index in [9.17, 15) is 4.39 Å². The average Bonchev–Trinajstić information content (AvgIpc) is 2.63. The summed E-state index contributed by atoms with van der Waals surface area (Å²) in [6, 6.07) is 9.41. The van der Waals surface area contributed by atoms with E-state index in [0.29, 0.717) is 0 Å². The Balaban J connectivity index is 1.59. The van der Waals surface area contributed by atoms with Gasteiger partial charge in [0.1, 0.15) is 5.82 Å². The molecule has 1 aliphatic rings. The van der Waals surface area contributed by atoms with Crippen LogP contribution in [0.25, 0.3) is 11.3 Å². The second-order valence-corrected chi connectivity index (χ2v) is 7.63. The SMILES string of the molecule is CCCc1ccc(-c2ccc(CCC3CCC(C)CC3)nn2)cc1F. The van der Waals surface area contributed by atoms with Gasteiger partial charge in [-0.15, -0.1) is 0 Å². The predicted octanol–water partition coefficient (Wildman–Crippen LogP) is 5.99. The van der Waals surface area contributed by atoms with Gasteiger partial charge < -0.3 is 0 Å². The van der Waals surface area contributed by atoms with E-state index in [2.05, 4.69) is 24.0 Å². The summed E-state index contributed by atoms with van der Waals surface area (Å²) >= 11 is 0. The van der Waals surface area contributed by atoms with E-state index in [1.807, 2.05) is 24.3 Å². The summed E-state index contributed by atoms with van der Waals surface area (Å²) in [7, 11) is 0. The van der Waals surface area contributed by atoms with Gasteiger partial charge >= 0.3 is 0 Å². The highest BCUT2D eigenvalue weighted by atomic mass is 19.1. The molecule has 25 heavy (non-hydrogen) atoms. The zero-order chi connectivity index (χ0) is 17.6. The Kier molecular flexibility index (Phi) is 6.17. The molecule has 2 nitrogen and oxygen atoms in total. The van der Waals surface area contributed by atoms with Gasteiger partial charge in [0.15, 0.2) is 0 Å². The fourth-order valence-electron chi connectivity index (χ4n) is 3.80. The fraction of sp³-hybridized carbons (Fsp3) is 0.545. The second-order valence-electron chi connectivity index (χ2n) is 7.63. The smallest absolute Gasteiger partial charge is 0.127 e. The van der Waals surface area contributed by atoms with Gasteiger partial charge in [-0.1, -0.05) is 58.1 Å². The molecular weight excluding hydrogens is 311 g/mol. The molecule has 0 aliphatic heterocycles. The van der Waals surface area contributed by atoms with Crippen molar-refractivity contribution in [1.82, 2.24) is 10.2 Å². The molecule has 0 radical (unpaired) electrons. The maximum Gasteiger partial charge on any atom is 0.127 e. The molecule has 0 saturated heterocycles. The Bertz CT molecular complexity index is 673. The summed E-state index contributed by atoms with van der Waals surface area (Å²) in [5, 5.41) is 8.70. The molecule has 1 aromatic carbocycles. The fourth-order valence-corrected chi connectivity index (χ4v) is 3.80. The van der Waals surface area contributed by atoms with Crippen LogP contribution in [-0.2, 0) is 12.8 Å². The Morgan fingerprint density at radius 1 is 1.00 bits per heavy atom. The van der Waals surface area contributed by atoms with E-state index >= 15 is 0 Å². The molecule has 3 rings (SSSR count). The first-order valence-corrected chi connectivity index (χ1v) is 9.77. The van der Waals surface area contributed by atoms with E-state index in [-0.39, 0.29) is 5.82 Å². The average molecular weight is 340 g/mol. The summed E-state index contributed by atoms with van der Waals surface area (Å²) in [5.74, 6) is 1.61. The van der Waals surface area contributed by atoms with Crippen molar-refractivity contribution in [2.75, 3.05) is 0 Å². The maximum absolute atomic E-state index is 14.1. The number of hydrogen-bond donors (Lipinski definition) is 0. The third-order valence-corrected chi connectivity index (χ3v) is 5.53. The number of aryl methyl sites for hydroxylation is 2. The minimum Gasteiger partial charge on any atom is -0.207 e. The lowest BCUT2D eigenvalue weighted by molar-refractivity contribution is 0.277. The molecule has 0 bridgehead atoms. The number of aromatic nitrogens is 2. The summed E-state index contributed by atoms with van der Waals surface area (Å²) < 4.78 is 14.1. The van der Waals surface area contributed by atoms with Gasteiger partial charge in [0.25, 0.3) is 0 Å². The van der Waals surface area contributed by atoms with E-state index in [1.54, 1.807) is 6.07 Å². The monoisotopic (exact) mass is 340 g/mol. The van der Waals surface area contributed by atoms with Crippen LogP contribution in [0.15, 0.2) is 30.3 Å². The molecule has 0 spiro atoms. The number of halogens is 1. The topological polar surface area (TPSA) is 25.8 Å². The Morgan fingerprint density at radius 2 is 1.80 bits per heavy atom. The van der Waals surface area contributed by atoms with Crippen LogP contribution in [0.5, 0.6) is 0 Å². The zero-order valence-corrected chi connectivity index (χ0v) is 15.5. The summed E-state index contributed by atoms with van der Waals surface area (Å²) in [6.07, 6.45) is 9.38. The Morgan fingerprint density at radius 3 is 2.44 bits per heavy atom. The molecule has 1 heterocycles. The van der Waals surface area contributed by atoms with Gasteiger partial charge in [-0.3, -0.25) is 0 Å². The third-order valence-electron chi connectivity index (χ3n) is 5.53. The Hall–Kier alpha value is -1.77. The molecule has 0 unspecified atom stereocenters. The van der Waals surface area contributed by atoms with Crippen LogP contribution in [0, 0.1) is 17.7 Å². The van der Waals surface area contributed by atoms with Crippen molar-refractivity contribution in [3.63, 3.8) is 0 Å². The van der Waals surface area contributed by atoms with Crippen molar-refractivity contribution in [2.24, 2.45) is 11.8 Å². The first-order valence-electron chi connectivity index (χ1n) is 9.77. The van der Waals surface area contributed by atoms with E-state index in [4.69, 9.17) is 0 Å². The van der Waals surface area contributed by atoms with Crippen LogP contribution in [0.4, 0.5) is 4.39 Å². The quantitative estimate of drug-likeness (QED) is 0.645. The molecule has 0 N–H and O–H groups in total. The number of benzene rings is 1. The van der Waals surface area contributed by atoms with Gasteiger partial charge in [-0.05, 0) is 54.9 Å². The van der Waals surface area contributed by atoms with Crippen LogP contribution in [0.2, 0.25) is 0 Å². The van der Waals surface area contributed by atoms with Crippen molar-refractivity contribution in [3.05, 3.63) is 47.4 Å². The predicted molar refractivity (Wildman–Crippen MR) is 101 cm³/mol. The lowest BCUT2D eigenvalue weighted by atomic mass is 9.81. The largest absolute Gasteiger partial charge is 0.207 e. The molecular formula is C22H29FN2. The van der Waals surface area contributed by atoms with Gasteiger partial charge in [0.05, 0.1) is 11.4 Å². The zero-order valence-electron chi connectivity index (χ0n) is 15.5. The second kappa shape index (κ2) is 8.55. The first-order chi connectivity index (χ1) is 12.2. The molecule has 1 aliphatic carbocycles. The van der Waals surface area contributed by atoms with Crippen molar-refractivity contribution in [2.45, 2.75) is 65.2 Å². The summed E-state index contributed by atoms with van der Waals surface area (Å²) in [5.41, 5.74) is 3.37. The molecule has 2 aromatic rings. The minimum absolute atomic E-state index is 0.142. The van der Waals surface area contributed by atoms with Gasteiger partial charge in [0.2, 0.25) is 0 Å². The number of rotatable bonds is 6. The molecule has 1 aromatic heterocycles. The van der Waals surface area contributed by atoms with Crippen molar-refractivity contribution in [3.8, 4) is 11.3 Å². The molecule has 0 atom stereocenters. The molecule has 1 saturated carbocycles. The Labute approximate surface area is 150 Å². The van der Waals surface area contributed by atoms with Crippen LogP contribution >= 0.6 is 0 Å². The lowest BCUT2D eigenvalue weighted by Gasteiger charge is -2.25. The van der Waals surface area contributed by atoms with E-state index < -0.39 is 0 Å². The number of hydrogen-bond acceptors (Lipinski definition) is 2. The van der Waals surface area contributed by atoms with Crippen molar-refractivity contribution >= 4 is 0 Å². The van der Waals surface area contributed by atoms with Gasteiger partial charge in [-0.2, -0.15) is 10.2 Å². The first kappa shape index (κ1) is 18.0. The highest BCUT2D eigenvalue weighted by Crippen LogP contribution is 2.31. The molecule has 134 valence electrons. The molecule has 1 fully saturated rings. The van der Waals surface area contributed by atoms with Gasteiger partial charge in [-0.25, -0.2) is 4.39 Å². The molecule has 0 amide bonds. The minimum atomic E-state index is -0.142. The lowest BCUT2D eigenvalue weighted by Crippen LogP contribution is -2.13. The summed E-state index contributed by atoms with van der Waals surface area (Å²) in [4.78, 5) is 0. The number of nitrogens with zero attached hydrogens (tertiary/aromatic N) is 2. The van der Waals surface area contributed by atoms with Gasteiger partial charge in [0, 0.05) is 5.56 Å². The van der Waals surface area contributed by atoms with Crippen LogP contribution in [0.3, 0.4) is 0 Å². The van der Waals surface area contributed by atoms with Crippen LogP contribution in [-0.4, -0.2) is 10.2 Å². The third kappa shape index (κ3) is 4.87. The van der Waals surface area contributed by atoms with E-state index in [1.165, 1.54) is 32.1 Å². The highest BCUT2D eigenvalue weighted by molar-refractivity contribution is 5.59. The van der Waals surface area contributed by atoms with Crippen molar-refractivity contribution in [1.29, 1.82) is 0 Å². The maximum atomic E-state index is 14.1. The summed E-state index contributed by atoms with van der Waals surface area (Å²) in [6.45, 7) is 4.42. The standard InChI is InChI=1S/C22H29FN2/c1-3-4-18-10-11-19(15-21(18)23)22-14-13-20(24-25-22)12-9-17-7-5-16(2)6-8-17/h10-11,13-17H,3-9,12H2,1-2H3. The van der Waals surface area contributed by atoms with E-state index in [0.717, 1.165) is 53.6 Å². The molecule has 3 heteroatoms. The van der Waals surface area contributed by atoms with Crippen molar-refractivity contribution < 1.29 is 4.39 Å². The van der Waals surface area contributed by atoms with Crippen LogP contribution < -0.4 is 0 Å². The van der Waals surface area contributed by atoms with Crippen LogP contribution in [0.1, 0.15) is 63.6 Å². The normalized spacial score (nSPS) is 20.6.